The summed E-state index contributed by atoms with van der Waals surface area (Å²) in [5.74, 6) is 0.0746. The highest BCUT2D eigenvalue weighted by atomic mass is 16.1. The smallest absolute Gasteiger partial charge is 0.157 e. The van der Waals surface area contributed by atoms with E-state index in [-0.39, 0.29) is 5.78 Å². The molecule has 0 aliphatic heterocycles. The number of benzene rings is 2. The lowest BCUT2D eigenvalue weighted by atomic mass is 9.95. The number of Topliss-reactive ketones (excluding diaryl/α,β-unsaturated/α-hetero) is 1. The van der Waals surface area contributed by atoms with Gasteiger partial charge in [0.25, 0.3) is 0 Å². The van der Waals surface area contributed by atoms with E-state index in [1.54, 1.807) is 6.92 Å². The number of allylic oxidation sites excluding steroid dienone is 2. The number of aliphatic imine (C=N–C) groups is 1. The van der Waals surface area contributed by atoms with Crippen LogP contribution in [0.2, 0.25) is 0 Å². The molecule has 3 nitrogen and oxygen atoms in total. The van der Waals surface area contributed by atoms with Crippen molar-refractivity contribution < 1.29 is 4.79 Å². The van der Waals surface area contributed by atoms with Crippen molar-refractivity contribution in [2.24, 2.45) is 4.99 Å². The molecule has 0 radical (unpaired) electrons. The van der Waals surface area contributed by atoms with Crippen LogP contribution < -0.4 is 0 Å². The Labute approximate surface area is 162 Å². The SMILES string of the molecule is CCC=N/C(CCC)=C(/Cc1ccc(-c2ccccc2C#N)cc1)C(C)=O. The van der Waals surface area contributed by atoms with Gasteiger partial charge in [0.15, 0.2) is 5.78 Å². The molecule has 138 valence electrons. The van der Waals surface area contributed by atoms with Crippen molar-refractivity contribution in [3.63, 3.8) is 0 Å². The lowest BCUT2D eigenvalue weighted by molar-refractivity contribution is -0.113. The van der Waals surface area contributed by atoms with Gasteiger partial charge < -0.3 is 0 Å². The average molecular weight is 358 g/mol. The molecule has 0 aliphatic rings. The van der Waals surface area contributed by atoms with Gasteiger partial charge in [0.1, 0.15) is 0 Å². The summed E-state index contributed by atoms with van der Waals surface area (Å²) in [5.41, 5.74) is 5.33. The lowest BCUT2D eigenvalue weighted by Crippen LogP contribution is -2.05. The van der Waals surface area contributed by atoms with Crippen molar-refractivity contribution >= 4 is 12.0 Å². The molecular weight excluding hydrogens is 332 g/mol. The second-order valence-electron chi connectivity index (χ2n) is 6.48. The van der Waals surface area contributed by atoms with Crippen LogP contribution in [0.5, 0.6) is 0 Å². The predicted molar refractivity (Wildman–Crippen MR) is 112 cm³/mol. The fraction of sp³-hybridized carbons (Fsp3) is 0.292. The molecule has 0 heterocycles. The largest absolute Gasteiger partial charge is 0.295 e. The second kappa shape index (κ2) is 10.2. The van der Waals surface area contributed by atoms with Gasteiger partial charge in [-0.15, -0.1) is 0 Å². The van der Waals surface area contributed by atoms with Gasteiger partial charge in [0.2, 0.25) is 0 Å². The fourth-order valence-corrected chi connectivity index (χ4v) is 3.00. The minimum absolute atomic E-state index is 0.0746. The van der Waals surface area contributed by atoms with E-state index in [1.807, 2.05) is 61.7 Å². The molecule has 2 rings (SSSR count). The average Bonchev–Trinajstić information content (AvgIpc) is 2.69. The fourth-order valence-electron chi connectivity index (χ4n) is 3.00. The molecule has 0 spiro atoms. The van der Waals surface area contributed by atoms with Crippen LogP contribution in [0.1, 0.15) is 51.2 Å². The van der Waals surface area contributed by atoms with Crippen LogP contribution in [-0.2, 0) is 11.2 Å². The number of rotatable bonds is 8. The highest BCUT2D eigenvalue weighted by molar-refractivity contribution is 5.94. The quantitative estimate of drug-likeness (QED) is 0.436. The third-order valence-electron chi connectivity index (χ3n) is 4.38. The first-order valence-electron chi connectivity index (χ1n) is 9.44. The number of nitrogens with zero attached hydrogens (tertiary/aromatic N) is 2. The van der Waals surface area contributed by atoms with Crippen molar-refractivity contribution in [3.8, 4) is 17.2 Å². The summed E-state index contributed by atoms with van der Waals surface area (Å²) < 4.78 is 0. The van der Waals surface area contributed by atoms with Crippen molar-refractivity contribution in [1.82, 2.24) is 0 Å². The molecule has 3 heteroatoms. The van der Waals surface area contributed by atoms with E-state index in [4.69, 9.17) is 0 Å². The van der Waals surface area contributed by atoms with Crippen molar-refractivity contribution in [2.75, 3.05) is 0 Å². The van der Waals surface area contributed by atoms with E-state index in [9.17, 15) is 10.1 Å². The molecule has 0 unspecified atom stereocenters. The minimum atomic E-state index is 0.0746. The van der Waals surface area contributed by atoms with Gasteiger partial charge in [-0.3, -0.25) is 9.79 Å². The first-order chi connectivity index (χ1) is 13.1. The van der Waals surface area contributed by atoms with Crippen molar-refractivity contribution in [3.05, 3.63) is 70.9 Å². The maximum Gasteiger partial charge on any atom is 0.157 e. The molecule has 0 aromatic heterocycles. The van der Waals surface area contributed by atoms with Gasteiger partial charge in [-0.1, -0.05) is 62.7 Å². The number of nitriles is 1. The normalized spacial score (nSPS) is 11.9. The summed E-state index contributed by atoms with van der Waals surface area (Å²) in [5, 5.41) is 9.29. The molecular formula is C24H26N2O. The minimum Gasteiger partial charge on any atom is -0.295 e. The molecule has 0 saturated heterocycles. The number of hydrogen-bond donors (Lipinski definition) is 0. The van der Waals surface area contributed by atoms with E-state index in [0.29, 0.717) is 12.0 Å². The zero-order chi connectivity index (χ0) is 19.6. The van der Waals surface area contributed by atoms with Gasteiger partial charge in [-0.05, 0) is 42.5 Å². The molecule has 2 aromatic rings. The molecule has 0 saturated carbocycles. The van der Waals surface area contributed by atoms with E-state index in [0.717, 1.165) is 47.2 Å². The highest BCUT2D eigenvalue weighted by Gasteiger charge is 2.12. The molecule has 0 bridgehead atoms. The van der Waals surface area contributed by atoms with Gasteiger partial charge >= 0.3 is 0 Å². The van der Waals surface area contributed by atoms with Crippen LogP contribution in [0, 0.1) is 11.3 Å². The topological polar surface area (TPSA) is 53.2 Å². The van der Waals surface area contributed by atoms with Crippen molar-refractivity contribution in [1.29, 1.82) is 5.26 Å². The molecule has 0 N–H and O–H groups in total. The zero-order valence-corrected chi connectivity index (χ0v) is 16.3. The van der Waals surface area contributed by atoms with Gasteiger partial charge in [0, 0.05) is 23.9 Å². The monoisotopic (exact) mass is 358 g/mol. The Morgan fingerprint density at radius 3 is 2.41 bits per heavy atom. The lowest BCUT2D eigenvalue weighted by Gasteiger charge is -2.11. The number of carbonyl (C=O) groups excluding carboxylic acids is 1. The first kappa shape index (κ1) is 20.3. The number of carbonyl (C=O) groups is 1. The maximum absolute atomic E-state index is 12.2. The Kier molecular flexibility index (Phi) is 7.70. The number of hydrogen-bond acceptors (Lipinski definition) is 3. The van der Waals surface area contributed by atoms with Crippen LogP contribution in [0.3, 0.4) is 0 Å². The van der Waals surface area contributed by atoms with Crippen molar-refractivity contribution in [2.45, 2.75) is 46.5 Å². The second-order valence-corrected chi connectivity index (χ2v) is 6.48. The van der Waals surface area contributed by atoms with E-state index < -0.39 is 0 Å². The standard InChI is InChI=1S/C24H26N2O/c1-4-8-24(26-15-5-2)23(18(3)27)16-19-11-13-20(14-12-19)22-10-7-6-9-21(22)17-25/h6-7,9-15H,4-5,8,16H2,1-3H3/b24-23-,26-15?. The molecule has 0 atom stereocenters. The Morgan fingerprint density at radius 1 is 1.11 bits per heavy atom. The van der Waals surface area contributed by atoms with E-state index in [2.05, 4.69) is 18.0 Å². The Balaban J connectivity index is 2.33. The van der Waals surface area contributed by atoms with E-state index >= 15 is 0 Å². The highest BCUT2D eigenvalue weighted by Crippen LogP contribution is 2.25. The van der Waals surface area contributed by atoms with Crippen LogP contribution in [0.15, 0.2) is 64.8 Å². The predicted octanol–water partition coefficient (Wildman–Crippen LogP) is 5.89. The molecule has 0 amide bonds. The van der Waals surface area contributed by atoms with E-state index in [1.165, 1.54) is 0 Å². The van der Waals surface area contributed by atoms with Crippen LogP contribution in [0.25, 0.3) is 11.1 Å². The van der Waals surface area contributed by atoms with Gasteiger partial charge in [-0.2, -0.15) is 5.26 Å². The summed E-state index contributed by atoms with van der Waals surface area (Å²) >= 11 is 0. The molecule has 0 fully saturated rings. The Morgan fingerprint density at radius 2 is 1.81 bits per heavy atom. The van der Waals surface area contributed by atoms with Gasteiger partial charge in [-0.25, -0.2) is 0 Å². The first-order valence-corrected chi connectivity index (χ1v) is 9.44. The summed E-state index contributed by atoms with van der Waals surface area (Å²) in [4.78, 5) is 16.8. The van der Waals surface area contributed by atoms with Crippen LogP contribution in [-0.4, -0.2) is 12.0 Å². The summed E-state index contributed by atoms with van der Waals surface area (Å²) in [6.07, 6.45) is 5.06. The summed E-state index contributed by atoms with van der Waals surface area (Å²) in [6.45, 7) is 5.75. The summed E-state index contributed by atoms with van der Waals surface area (Å²) in [7, 11) is 0. The molecule has 27 heavy (non-hydrogen) atoms. The Bertz CT molecular complexity index is 883. The number of ketones is 1. The van der Waals surface area contributed by atoms with Gasteiger partial charge in [0.05, 0.1) is 11.6 Å². The van der Waals surface area contributed by atoms with Crippen LogP contribution in [0.4, 0.5) is 0 Å². The molecule has 2 aromatic carbocycles. The maximum atomic E-state index is 12.2. The zero-order valence-electron chi connectivity index (χ0n) is 16.3. The molecule has 0 aliphatic carbocycles. The third-order valence-corrected chi connectivity index (χ3v) is 4.38. The third kappa shape index (κ3) is 5.49. The summed E-state index contributed by atoms with van der Waals surface area (Å²) in [6, 6.07) is 17.9. The Hall–Kier alpha value is -2.99. The van der Waals surface area contributed by atoms with Crippen LogP contribution >= 0.6 is 0 Å².